The average molecular weight is 379 g/mol. The second-order valence-corrected chi connectivity index (χ2v) is 6.61. The molecule has 25 heavy (non-hydrogen) atoms. The van der Waals surface area contributed by atoms with Crippen LogP contribution in [0.1, 0.15) is 23.7 Å². The van der Waals surface area contributed by atoms with Gasteiger partial charge in [0.1, 0.15) is 5.75 Å². The molecular weight excluding hydrogens is 360 g/mol. The lowest BCUT2D eigenvalue weighted by Gasteiger charge is -2.09. The minimum absolute atomic E-state index is 0.182. The van der Waals surface area contributed by atoms with E-state index in [1.807, 2.05) is 19.1 Å². The van der Waals surface area contributed by atoms with E-state index in [4.69, 9.17) is 16.3 Å². The highest BCUT2D eigenvalue weighted by molar-refractivity contribution is 8.00. The smallest absolute Gasteiger partial charge is 0.269 e. The lowest BCUT2D eigenvalue weighted by Crippen LogP contribution is -2.42. The molecule has 5 nitrogen and oxygen atoms in total. The predicted molar refractivity (Wildman–Crippen MR) is 100 cm³/mol. The van der Waals surface area contributed by atoms with Gasteiger partial charge < -0.3 is 4.74 Å². The molecule has 0 spiro atoms. The number of hydrogen-bond acceptors (Lipinski definition) is 4. The summed E-state index contributed by atoms with van der Waals surface area (Å²) in [5.74, 6) is 0.110. The number of hydrogen-bond donors (Lipinski definition) is 2. The fourth-order valence-corrected chi connectivity index (χ4v) is 2.69. The summed E-state index contributed by atoms with van der Waals surface area (Å²) in [5.41, 5.74) is 5.21. The van der Waals surface area contributed by atoms with Gasteiger partial charge in [-0.1, -0.05) is 24.6 Å². The predicted octanol–water partition coefficient (Wildman–Crippen LogP) is 3.68. The van der Waals surface area contributed by atoms with Crippen LogP contribution in [-0.4, -0.2) is 24.2 Å². The zero-order valence-electron chi connectivity index (χ0n) is 13.8. The molecule has 0 heterocycles. The first kappa shape index (κ1) is 19.1. The summed E-state index contributed by atoms with van der Waals surface area (Å²) < 4.78 is 5.49. The van der Waals surface area contributed by atoms with Gasteiger partial charge in [0.2, 0.25) is 5.91 Å². The van der Waals surface area contributed by atoms with E-state index in [1.165, 1.54) is 11.8 Å². The van der Waals surface area contributed by atoms with Crippen molar-refractivity contribution in [2.75, 3.05) is 12.4 Å². The first-order valence-corrected chi connectivity index (χ1v) is 9.15. The molecule has 0 aromatic heterocycles. The summed E-state index contributed by atoms with van der Waals surface area (Å²) >= 11 is 7.17. The minimum Gasteiger partial charge on any atom is -0.494 e. The number of ether oxygens (including phenoxy) is 1. The van der Waals surface area contributed by atoms with E-state index < -0.39 is 5.91 Å². The van der Waals surface area contributed by atoms with E-state index in [9.17, 15) is 9.59 Å². The molecule has 0 unspecified atom stereocenters. The molecule has 2 N–H and O–H groups in total. The van der Waals surface area contributed by atoms with Gasteiger partial charge in [0.15, 0.2) is 0 Å². The van der Waals surface area contributed by atoms with Crippen LogP contribution in [0.25, 0.3) is 0 Å². The number of benzene rings is 2. The quantitative estimate of drug-likeness (QED) is 0.569. The van der Waals surface area contributed by atoms with Gasteiger partial charge in [0.25, 0.3) is 5.91 Å². The lowest BCUT2D eigenvalue weighted by molar-refractivity contribution is -0.119. The molecule has 132 valence electrons. The molecular formula is C18H19ClN2O3S. The Morgan fingerprint density at radius 1 is 1.12 bits per heavy atom. The summed E-state index contributed by atoms with van der Waals surface area (Å²) in [5, 5.41) is 0.645. The Bertz CT molecular complexity index is 723. The molecule has 2 amide bonds. The number of hydrazine groups is 1. The fraction of sp³-hybridized carbons (Fsp3) is 0.222. The highest BCUT2D eigenvalue weighted by Crippen LogP contribution is 2.19. The topological polar surface area (TPSA) is 67.4 Å². The van der Waals surface area contributed by atoms with Crippen molar-refractivity contribution in [3.63, 3.8) is 0 Å². The molecule has 2 rings (SSSR count). The van der Waals surface area contributed by atoms with Gasteiger partial charge in [0.05, 0.1) is 12.4 Å². The van der Waals surface area contributed by atoms with Crippen LogP contribution in [-0.2, 0) is 4.79 Å². The number of nitrogens with one attached hydrogen (secondary N) is 2. The average Bonchev–Trinajstić information content (AvgIpc) is 2.64. The molecule has 0 saturated heterocycles. The van der Waals surface area contributed by atoms with Gasteiger partial charge in [0, 0.05) is 15.5 Å². The van der Waals surface area contributed by atoms with Gasteiger partial charge in [-0.25, -0.2) is 0 Å². The molecule has 2 aromatic carbocycles. The summed E-state index contributed by atoms with van der Waals surface area (Å²) in [6.45, 7) is 2.60. The van der Waals surface area contributed by atoms with E-state index in [2.05, 4.69) is 10.9 Å². The van der Waals surface area contributed by atoms with Crippen molar-refractivity contribution in [3.05, 3.63) is 59.1 Å². The van der Waals surface area contributed by atoms with Crippen LogP contribution in [0, 0.1) is 0 Å². The molecule has 7 heteroatoms. The van der Waals surface area contributed by atoms with Gasteiger partial charge >= 0.3 is 0 Å². The van der Waals surface area contributed by atoms with Crippen molar-refractivity contribution in [3.8, 4) is 5.75 Å². The fourth-order valence-electron chi connectivity index (χ4n) is 1.86. The van der Waals surface area contributed by atoms with Crippen molar-refractivity contribution >= 4 is 35.2 Å². The van der Waals surface area contributed by atoms with Crippen LogP contribution in [0.15, 0.2) is 53.4 Å². The molecule has 0 saturated carbocycles. The number of rotatable bonds is 7. The monoisotopic (exact) mass is 378 g/mol. The highest BCUT2D eigenvalue weighted by atomic mass is 35.5. The van der Waals surface area contributed by atoms with Gasteiger partial charge in [-0.15, -0.1) is 11.8 Å². The van der Waals surface area contributed by atoms with Crippen molar-refractivity contribution in [1.82, 2.24) is 10.9 Å². The maximum Gasteiger partial charge on any atom is 0.269 e. The second-order valence-electron chi connectivity index (χ2n) is 5.12. The third-order valence-electron chi connectivity index (χ3n) is 3.07. The van der Waals surface area contributed by atoms with Crippen molar-refractivity contribution in [2.24, 2.45) is 0 Å². The maximum absolute atomic E-state index is 12.1. The Hall–Kier alpha value is -2.18. The molecule has 0 aliphatic heterocycles. The molecule has 0 atom stereocenters. The Morgan fingerprint density at radius 3 is 2.60 bits per heavy atom. The Labute approximate surface area is 156 Å². The van der Waals surface area contributed by atoms with Crippen LogP contribution in [0.2, 0.25) is 5.02 Å². The lowest BCUT2D eigenvalue weighted by atomic mass is 10.2. The Balaban J connectivity index is 1.78. The van der Waals surface area contributed by atoms with Gasteiger partial charge in [-0.3, -0.25) is 20.4 Å². The van der Waals surface area contributed by atoms with Crippen molar-refractivity contribution in [2.45, 2.75) is 18.2 Å². The summed E-state index contributed by atoms with van der Waals surface area (Å²) in [4.78, 5) is 24.8. The van der Waals surface area contributed by atoms with Crippen LogP contribution < -0.4 is 15.6 Å². The number of carbonyl (C=O) groups excluding carboxylic acids is 2. The third kappa shape index (κ3) is 6.68. The molecule has 0 aliphatic carbocycles. The number of thioether (sulfide) groups is 1. The first-order chi connectivity index (χ1) is 12.1. The van der Waals surface area contributed by atoms with Crippen LogP contribution in [0.3, 0.4) is 0 Å². The Morgan fingerprint density at radius 2 is 1.88 bits per heavy atom. The standard InChI is InChI=1S/C18H19ClN2O3S/c1-2-10-24-15-5-3-4-13(11-15)18(23)21-20-17(22)12-25-16-8-6-14(19)7-9-16/h3-9,11H,2,10,12H2,1H3,(H,20,22)(H,21,23). The zero-order valence-corrected chi connectivity index (χ0v) is 15.3. The molecule has 0 radical (unpaired) electrons. The molecule has 0 bridgehead atoms. The van der Waals surface area contributed by atoms with Crippen molar-refractivity contribution in [1.29, 1.82) is 0 Å². The van der Waals surface area contributed by atoms with Gasteiger partial charge in [-0.05, 0) is 48.9 Å². The SMILES string of the molecule is CCCOc1cccc(C(=O)NNC(=O)CSc2ccc(Cl)cc2)c1. The maximum atomic E-state index is 12.1. The first-order valence-electron chi connectivity index (χ1n) is 7.79. The summed E-state index contributed by atoms with van der Waals surface area (Å²) in [6, 6.07) is 14.0. The van der Waals surface area contributed by atoms with E-state index in [-0.39, 0.29) is 11.7 Å². The minimum atomic E-state index is -0.396. The summed E-state index contributed by atoms with van der Waals surface area (Å²) in [7, 11) is 0. The normalized spacial score (nSPS) is 10.2. The van der Waals surface area contributed by atoms with E-state index >= 15 is 0 Å². The second kappa shape index (κ2) is 9.96. The van der Waals surface area contributed by atoms with Crippen LogP contribution >= 0.6 is 23.4 Å². The highest BCUT2D eigenvalue weighted by Gasteiger charge is 2.09. The molecule has 2 aromatic rings. The van der Waals surface area contributed by atoms with E-state index in [0.717, 1.165) is 11.3 Å². The number of halogens is 1. The number of amides is 2. The van der Waals surface area contributed by atoms with Crippen LogP contribution in [0.4, 0.5) is 0 Å². The zero-order chi connectivity index (χ0) is 18.1. The van der Waals surface area contributed by atoms with Gasteiger partial charge in [-0.2, -0.15) is 0 Å². The molecule has 0 aliphatic rings. The van der Waals surface area contributed by atoms with Crippen molar-refractivity contribution < 1.29 is 14.3 Å². The number of carbonyl (C=O) groups is 2. The molecule has 0 fully saturated rings. The Kier molecular flexibility index (Phi) is 7.63. The van der Waals surface area contributed by atoms with E-state index in [1.54, 1.807) is 36.4 Å². The van der Waals surface area contributed by atoms with E-state index in [0.29, 0.717) is 22.9 Å². The third-order valence-corrected chi connectivity index (χ3v) is 4.33. The van der Waals surface area contributed by atoms with Crippen LogP contribution in [0.5, 0.6) is 5.75 Å². The largest absolute Gasteiger partial charge is 0.494 e. The summed E-state index contributed by atoms with van der Waals surface area (Å²) in [6.07, 6.45) is 0.887.